The SMILES string of the molecule is Cc1ccc2n1CCN(c1nc(-c3ccc(Br)cc3)cs1)C2C. The largest absolute Gasteiger partial charge is 0.345 e. The molecule has 1 aliphatic rings. The Labute approximate surface area is 148 Å². The Hall–Kier alpha value is -1.59. The van der Waals surface area contributed by atoms with E-state index < -0.39 is 0 Å². The molecule has 0 fully saturated rings. The van der Waals surface area contributed by atoms with Crippen molar-refractivity contribution >= 4 is 32.4 Å². The first kappa shape index (κ1) is 15.0. The zero-order chi connectivity index (χ0) is 16.0. The Morgan fingerprint density at radius 2 is 1.91 bits per heavy atom. The summed E-state index contributed by atoms with van der Waals surface area (Å²) in [6.07, 6.45) is 0. The summed E-state index contributed by atoms with van der Waals surface area (Å²) >= 11 is 5.22. The molecule has 2 aromatic heterocycles. The molecule has 0 bridgehead atoms. The van der Waals surface area contributed by atoms with Gasteiger partial charge in [0.15, 0.2) is 5.13 Å². The molecular formula is C18H18BrN3S. The van der Waals surface area contributed by atoms with Crippen LogP contribution in [0.25, 0.3) is 11.3 Å². The molecule has 0 saturated heterocycles. The van der Waals surface area contributed by atoms with Crippen molar-refractivity contribution in [2.24, 2.45) is 0 Å². The zero-order valence-electron chi connectivity index (χ0n) is 13.2. The molecule has 3 aromatic rings. The van der Waals surface area contributed by atoms with E-state index in [0.29, 0.717) is 6.04 Å². The van der Waals surface area contributed by atoms with Gasteiger partial charge in [0.2, 0.25) is 0 Å². The summed E-state index contributed by atoms with van der Waals surface area (Å²) in [5.41, 5.74) is 4.96. The van der Waals surface area contributed by atoms with Gasteiger partial charge in [-0.05, 0) is 38.1 Å². The number of rotatable bonds is 2. The van der Waals surface area contributed by atoms with Crippen molar-refractivity contribution in [2.75, 3.05) is 11.4 Å². The van der Waals surface area contributed by atoms with Gasteiger partial charge in [-0.15, -0.1) is 11.3 Å². The van der Waals surface area contributed by atoms with E-state index in [1.165, 1.54) is 17.0 Å². The number of hydrogen-bond acceptors (Lipinski definition) is 3. The highest BCUT2D eigenvalue weighted by molar-refractivity contribution is 9.10. The van der Waals surface area contributed by atoms with E-state index >= 15 is 0 Å². The number of benzene rings is 1. The molecule has 0 N–H and O–H groups in total. The smallest absolute Gasteiger partial charge is 0.186 e. The lowest BCUT2D eigenvalue weighted by Gasteiger charge is -2.35. The molecule has 0 radical (unpaired) electrons. The van der Waals surface area contributed by atoms with Gasteiger partial charge in [-0.2, -0.15) is 0 Å². The van der Waals surface area contributed by atoms with E-state index in [1.807, 2.05) is 0 Å². The molecular weight excluding hydrogens is 370 g/mol. The number of aromatic nitrogens is 2. The van der Waals surface area contributed by atoms with Crippen LogP contribution in [0.4, 0.5) is 5.13 Å². The van der Waals surface area contributed by atoms with Gasteiger partial charge in [0, 0.05) is 39.9 Å². The first-order chi connectivity index (χ1) is 11.1. The van der Waals surface area contributed by atoms with Crippen LogP contribution < -0.4 is 4.90 Å². The second-order valence-electron chi connectivity index (χ2n) is 5.94. The molecule has 3 heterocycles. The molecule has 0 amide bonds. The highest BCUT2D eigenvalue weighted by Crippen LogP contribution is 2.35. The van der Waals surface area contributed by atoms with Crippen LogP contribution in [0.2, 0.25) is 0 Å². The molecule has 4 rings (SSSR count). The second kappa shape index (κ2) is 5.80. The molecule has 118 valence electrons. The predicted molar refractivity (Wildman–Crippen MR) is 100 cm³/mol. The van der Waals surface area contributed by atoms with Gasteiger partial charge in [0.25, 0.3) is 0 Å². The van der Waals surface area contributed by atoms with E-state index in [1.54, 1.807) is 11.3 Å². The third-order valence-electron chi connectivity index (χ3n) is 4.57. The average Bonchev–Trinajstić information content (AvgIpc) is 3.17. The zero-order valence-corrected chi connectivity index (χ0v) is 15.6. The van der Waals surface area contributed by atoms with Gasteiger partial charge in [-0.1, -0.05) is 28.1 Å². The standard InChI is InChI=1S/C18H18BrN3S/c1-12-3-8-17-13(2)22(10-9-21(12)17)18-20-16(11-23-18)14-4-6-15(19)7-5-14/h3-8,11,13H,9-10H2,1-2H3. The Bertz CT molecular complexity index is 834. The van der Waals surface area contributed by atoms with Gasteiger partial charge in [-0.3, -0.25) is 0 Å². The van der Waals surface area contributed by atoms with Crippen LogP contribution in [0.1, 0.15) is 24.4 Å². The molecule has 0 saturated carbocycles. The number of thiazole rings is 1. The average molecular weight is 388 g/mol. The Morgan fingerprint density at radius 1 is 1.13 bits per heavy atom. The van der Waals surface area contributed by atoms with Gasteiger partial charge < -0.3 is 9.47 Å². The molecule has 1 atom stereocenters. The summed E-state index contributed by atoms with van der Waals surface area (Å²) < 4.78 is 3.52. The topological polar surface area (TPSA) is 21.1 Å². The van der Waals surface area contributed by atoms with Crippen molar-refractivity contribution in [3.8, 4) is 11.3 Å². The third kappa shape index (κ3) is 2.62. The highest BCUT2D eigenvalue weighted by Gasteiger charge is 2.26. The molecule has 0 spiro atoms. The van der Waals surface area contributed by atoms with Crippen molar-refractivity contribution in [1.82, 2.24) is 9.55 Å². The fraction of sp³-hybridized carbons (Fsp3) is 0.278. The van der Waals surface area contributed by atoms with Crippen LogP contribution in [0.15, 0.2) is 46.3 Å². The quantitative estimate of drug-likeness (QED) is 0.597. The maximum atomic E-state index is 4.88. The lowest BCUT2D eigenvalue weighted by atomic mass is 10.1. The maximum Gasteiger partial charge on any atom is 0.186 e. The Balaban J connectivity index is 1.63. The van der Waals surface area contributed by atoms with Crippen LogP contribution in [0.5, 0.6) is 0 Å². The minimum atomic E-state index is 0.362. The molecule has 1 aromatic carbocycles. The van der Waals surface area contributed by atoms with Crippen molar-refractivity contribution < 1.29 is 0 Å². The lowest BCUT2D eigenvalue weighted by molar-refractivity contribution is 0.502. The summed E-state index contributed by atoms with van der Waals surface area (Å²) in [6.45, 7) is 6.49. The normalized spacial score (nSPS) is 17.3. The minimum absolute atomic E-state index is 0.362. The summed E-state index contributed by atoms with van der Waals surface area (Å²) in [4.78, 5) is 7.30. The number of halogens is 1. The molecule has 1 unspecified atom stereocenters. The number of fused-ring (bicyclic) bond motifs is 1. The van der Waals surface area contributed by atoms with E-state index in [9.17, 15) is 0 Å². The Morgan fingerprint density at radius 3 is 2.70 bits per heavy atom. The first-order valence-corrected chi connectivity index (χ1v) is 9.45. The van der Waals surface area contributed by atoms with E-state index in [2.05, 4.69) is 81.0 Å². The van der Waals surface area contributed by atoms with Crippen LogP contribution >= 0.6 is 27.3 Å². The molecule has 3 nitrogen and oxygen atoms in total. The second-order valence-corrected chi connectivity index (χ2v) is 7.70. The lowest BCUT2D eigenvalue weighted by Crippen LogP contribution is -2.36. The third-order valence-corrected chi connectivity index (χ3v) is 5.98. The van der Waals surface area contributed by atoms with E-state index in [4.69, 9.17) is 4.98 Å². The molecule has 0 aliphatic carbocycles. The fourth-order valence-corrected chi connectivity index (χ4v) is 4.44. The van der Waals surface area contributed by atoms with Crippen LogP contribution in [0, 0.1) is 6.92 Å². The summed E-state index contributed by atoms with van der Waals surface area (Å²) in [7, 11) is 0. The number of aryl methyl sites for hydroxylation is 1. The van der Waals surface area contributed by atoms with Crippen LogP contribution in [-0.2, 0) is 6.54 Å². The Kier molecular flexibility index (Phi) is 3.77. The fourth-order valence-electron chi connectivity index (χ4n) is 3.23. The molecule has 1 aliphatic heterocycles. The monoisotopic (exact) mass is 387 g/mol. The maximum absolute atomic E-state index is 4.88. The number of anilines is 1. The molecule has 5 heteroatoms. The predicted octanol–water partition coefficient (Wildman–Crippen LogP) is 5.26. The van der Waals surface area contributed by atoms with Crippen LogP contribution in [-0.4, -0.2) is 16.1 Å². The van der Waals surface area contributed by atoms with E-state index in [0.717, 1.165) is 28.4 Å². The van der Waals surface area contributed by atoms with Crippen molar-refractivity contribution in [3.63, 3.8) is 0 Å². The minimum Gasteiger partial charge on any atom is -0.345 e. The van der Waals surface area contributed by atoms with Crippen molar-refractivity contribution in [1.29, 1.82) is 0 Å². The summed E-state index contributed by atoms with van der Waals surface area (Å²) in [5.74, 6) is 0. The van der Waals surface area contributed by atoms with Gasteiger partial charge in [-0.25, -0.2) is 4.98 Å². The number of nitrogens with zero attached hydrogens (tertiary/aromatic N) is 3. The highest BCUT2D eigenvalue weighted by atomic mass is 79.9. The van der Waals surface area contributed by atoms with Gasteiger partial charge in [0.1, 0.15) is 0 Å². The van der Waals surface area contributed by atoms with Crippen molar-refractivity contribution in [3.05, 3.63) is 57.6 Å². The van der Waals surface area contributed by atoms with Crippen molar-refractivity contribution in [2.45, 2.75) is 26.4 Å². The van der Waals surface area contributed by atoms with Gasteiger partial charge in [0.05, 0.1) is 11.7 Å². The van der Waals surface area contributed by atoms with Crippen LogP contribution in [0.3, 0.4) is 0 Å². The van der Waals surface area contributed by atoms with E-state index in [-0.39, 0.29) is 0 Å². The first-order valence-electron chi connectivity index (χ1n) is 7.77. The van der Waals surface area contributed by atoms with Gasteiger partial charge >= 0.3 is 0 Å². The summed E-state index contributed by atoms with van der Waals surface area (Å²) in [6, 6.07) is 13.2. The number of hydrogen-bond donors (Lipinski definition) is 0. The summed E-state index contributed by atoms with van der Waals surface area (Å²) in [5, 5.41) is 3.27. The molecule has 23 heavy (non-hydrogen) atoms.